The largest absolute Gasteiger partial charge is 0.503 e. The Kier molecular flexibility index (Phi) is 19.1. The van der Waals surface area contributed by atoms with Crippen molar-refractivity contribution >= 4 is 23.9 Å². The number of ether oxygens (including phenoxy) is 6. The van der Waals surface area contributed by atoms with Crippen molar-refractivity contribution in [1.29, 1.82) is 0 Å². The van der Waals surface area contributed by atoms with Crippen LogP contribution in [0.4, 0.5) is 0 Å². The highest BCUT2D eigenvalue weighted by Crippen LogP contribution is 2.15. The summed E-state index contributed by atoms with van der Waals surface area (Å²) < 4.78 is 29.7. The third kappa shape index (κ3) is 13.5. The Bertz CT molecular complexity index is 1110. The molecule has 0 saturated heterocycles. The van der Waals surface area contributed by atoms with Crippen LogP contribution in [0.3, 0.4) is 0 Å². The zero-order chi connectivity index (χ0) is 30.5. The molecule has 3 N–H and O–H groups in total. The van der Waals surface area contributed by atoms with Gasteiger partial charge in [0.15, 0.2) is 5.57 Å². The van der Waals surface area contributed by atoms with Crippen molar-refractivity contribution in [2.24, 2.45) is 14.1 Å². The molecule has 0 saturated carbocycles. The molecular weight excluding hydrogens is 524 g/mol. The maximum atomic E-state index is 11.1. The van der Waals surface area contributed by atoms with E-state index in [1.807, 2.05) is 14.1 Å². The Balaban J connectivity index is 0. The number of hydrazine groups is 1. The van der Waals surface area contributed by atoms with Crippen LogP contribution in [0.5, 0.6) is 5.88 Å². The number of carbonyl (C=O) groups is 4. The summed E-state index contributed by atoms with van der Waals surface area (Å²) in [5.74, 6) is -2.36. The van der Waals surface area contributed by atoms with Crippen molar-refractivity contribution in [3.63, 3.8) is 0 Å². The van der Waals surface area contributed by atoms with Gasteiger partial charge >= 0.3 is 23.9 Å². The molecule has 2 aromatic rings. The summed E-state index contributed by atoms with van der Waals surface area (Å²) in [5, 5.41) is 6.27. The van der Waals surface area contributed by atoms with E-state index in [0.717, 1.165) is 20.5 Å². The van der Waals surface area contributed by atoms with Gasteiger partial charge < -0.3 is 28.4 Å². The molecule has 39 heavy (non-hydrogen) atoms. The molecule has 0 aliphatic rings. The van der Waals surface area contributed by atoms with Crippen molar-refractivity contribution in [1.82, 2.24) is 30.4 Å². The maximum absolute atomic E-state index is 11.1. The monoisotopic (exact) mass is 560 g/mol. The molecule has 0 aliphatic heterocycles. The number of esters is 4. The normalized spacial score (nSPS) is 8.97. The van der Waals surface area contributed by atoms with E-state index in [2.05, 4.69) is 44.7 Å². The van der Waals surface area contributed by atoms with E-state index in [0.29, 0.717) is 5.56 Å². The first kappa shape index (κ1) is 36.5. The molecule has 17 heteroatoms. The third-order valence-electron chi connectivity index (χ3n) is 3.94. The first-order valence-electron chi connectivity index (χ1n) is 10.7. The molecular formula is C22H36N6O11. The minimum Gasteiger partial charge on any atom is -0.503 e. The predicted octanol–water partition coefficient (Wildman–Crippen LogP) is -1.08. The van der Waals surface area contributed by atoms with Gasteiger partial charge in [0.05, 0.1) is 42.7 Å². The number of aromatic nitrogens is 4. The van der Waals surface area contributed by atoms with E-state index in [1.54, 1.807) is 20.3 Å². The molecule has 0 spiro atoms. The van der Waals surface area contributed by atoms with Crippen LogP contribution >= 0.6 is 0 Å². The Hall–Kier alpha value is -4.64. The Morgan fingerprint density at radius 3 is 1.64 bits per heavy atom. The van der Waals surface area contributed by atoms with Crippen LogP contribution < -0.4 is 21.1 Å². The minimum absolute atomic E-state index is 0.0231. The summed E-state index contributed by atoms with van der Waals surface area (Å²) in [6, 6.07) is 0. The molecule has 0 aromatic carbocycles. The average molecular weight is 561 g/mol. The number of H-pyrrole nitrogens is 1. The molecule has 0 amide bonds. The fraction of sp³-hybridized carbons (Fsp3) is 0.455. The third-order valence-corrected chi connectivity index (χ3v) is 3.94. The predicted molar refractivity (Wildman–Crippen MR) is 136 cm³/mol. The average Bonchev–Trinajstić information content (AvgIpc) is 3.50. The Morgan fingerprint density at radius 1 is 0.821 bits per heavy atom. The zero-order valence-corrected chi connectivity index (χ0v) is 23.6. The van der Waals surface area contributed by atoms with Gasteiger partial charge in [-0.25, -0.2) is 19.2 Å². The highest BCUT2D eigenvalue weighted by molar-refractivity contribution is 6.13. The van der Waals surface area contributed by atoms with Crippen LogP contribution in [0.1, 0.15) is 20.7 Å². The molecule has 0 atom stereocenters. The van der Waals surface area contributed by atoms with Gasteiger partial charge in [0.2, 0.25) is 5.88 Å². The van der Waals surface area contributed by atoms with E-state index in [4.69, 9.17) is 4.74 Å². The summed E-state index contributed by atoms with van der Waals surface area (Å²) in [7, 11) is 14.6. The van der Waals surface area contributed by atoms with E-state index < -0.39 is 29.4 Å². The van der Waals surface area contributed by atoms with Gasteiger partial charge in [0.25, 0.3) is 5.56 Å². The molecule has 0 aliphatic carbocycles. The van der Waals surface area contributed by atoms with Crippen molar-refractivity contribution in [2.45, 2.75) is 0 Å². The highest BCUT2D eigenvalue weighted by atomic mass is 16.5. The van der Waals surface area contributed by atoms with Crippen LogP contribution in [0, 0.1) is 0 Å². The van der Waals surface area contributed by atoms with Gasteiger partial charge in [0, 0.05) is 26.5 Å². The fourth-order valence-corrected chi connectivity index (χ4v) is 2.15. The Labute approximate surface area is 224 Å². The van der Waals surface area contributed by atoms with Gasteiger partial charge in [-0.1, -0.05) is 0 Å². The zero-order valence-electron chi connectivity index (χ0n) is 23.6. The number of nitrogens with zero attached hydrogens (tertiary/aromatic N) is 3. The lowest BCUT2D eigenvalue weighted by molar-refractivity contribution is -0.144. The molecule has 0 unspecified atom stereocenters. The first-order valence-corrected chi connectivity index (χ1v) is 10.7. The van der Waals surface area contributed by atoms with Crippen LogP contribution in [-0.4, -0.2) is 100 Å². The number of methoxy groups -OCH3 is 6. The molecule has 2 rings (SSSR count). The topological polar surface area (TPSA) is 203 Å². The second-order valence-corrected chi connectivity index (χ2v) is 6.55. The highest BCUT2D eigenvalue weighted by Gasteiger charge is 2.20. The maximum Gasteiger partial charge on any atom is 0.348 e. The standard InChI is InChI=1S/C7H10N2O3.C7H10O5.C6H8N2O3.C2H8N2/c1-9-4-5(7(10)12-3)6(8-9)11-2;1-10-4-5(6(8)11-2)7(9)12-3;1-8-3-4(5(9)7-8)6(10)11-2;1-3-4-2/h2*4H,1-3H3;3H,1-2H3,(H,7,9);3-4H,1-2H3. The first-order chi connectivity index (χ1) is 18.4. The number of hydrogen-bond donors (Lipinski definition) is 3. The minimum atomic E-state index is -0.788. The second-order valence-electron chi connectivity index (χ2n) is 6.55. The van der Waals surface area contributed by atoms with Crippen molar-refractivity contribution in [3.05, 3.63) is 45.7 Å². The van der Waals surface area contributed by atoms with Gasteiger partial charge in [-0.2, -0.15) is 0 Å². The number of aromatic amines is 1. The lowest BCUT2D eigenvalue weighted by atomic mass is 10.3. The molecule has 2 aromatic heterocycles. The van der Waals surface area contributed by atoms with Crippen LogP contribution in [0.2, 0.25) is 0 Å². The van der Waals surface area contributed by atoms with E-state index >= 15 is 0 Å². The molecule has 17 nitrogen and oxygen atoms in total. The fourth-order valence-electron chi connectivity index (χ4n) is 2.15. The SMILES string of the molecule is CNNC.COC(=O)c1cn(C)[nH]c1=O.COC(=O)c1cn(C)nc1OC.COC=C(C(=O)OC)C(=O)OC. The molecule has 0 fully saturated rings. The van der Waals surface area contributed by atoms with Gasteiger partial charge in [-0.15, -0.1) is 5.10 Å². The molecule has 220 valence electrons. The van der Waals surface area contributed by atoms with Crippen LogP contribution in [-0.2, 0) is 47.4 Å². The van der Waals surface area contributed by atoms with E-state index in [9.17, 15) is 24.0 Å². The number of rotatable bonds is 7. The number of hydrogen-bond acceptors (Lipinski definition) is 14. The quantitative estimate of drug-likeness (QED) is 0.0701. The van der Waals surface area contributed by atoms with Crippen molar-refractivity contribution in [2.75, 3.05) is 56.8 Å². The smallest absolute Gasteiger partial charge is 0.348 e. The summed E-state index contributed by atoms with van der Waals surface area (Å²) in [5.41, 5.74) is 5.01. The summed E-state index contributed by atoms with van der Waals surface area (Å²) in [6.45, 7) is 0. The van der Waals surface area contributed by atoms with Crippen LogP contribution in [0.25, 0.3) is 0 Å². The summed E-state index contributed by atoms with van der Waals surface area (Å²) >= 11 is 0. The van der Waals surface area contributed by atoms with Gasteiger partial charge in [0.1, 0.15) is 17.4 Å². The van der Waals surface area contributed by atoms with Crippen molar-refractivity contribution < 1.29 is 47.6 Å². The molecule has 2 heterocycles. The van der Waals surface area contributed by atoms with Crippen molar-refractivity contribution in [3.8, 4) is 5.88 Å². The van der Waals surface area contributed by atoms with Gasteiger partial charge in [-0.3, -0.25) is 30.1 Å². The molecule has 0 bridgehead atoms. The molecule has 0 radical (unpaired) electrons. The Morgan fingerprint density at radius 2 is 1.31 bits per heavy atom. The second kappa shape index (κ2) is 20.4. The van der Waals surface area contributed by atoms with Crippen LogP contribution in [0.15, 0.2) is 29.0 Å². The summed E-state index contributed by atoms with van der Waals surface area (Å²) in [4.78, 5) is 54.4. The number of nitrogens with one attached hydrogen (secondary N) is 3. The van der Waals surface area contributed by atoms with E-state index in [-0.39, 0.29) is 17.0 Å². The lowest BCUT2D eigenvalue weighted by Gasteiger charge is -2.01. The van der Waals surface area contributed by atoms with E-state index in [1.165, 1.54) is 44.0 Å². The summed E-state index contributed by atoms with van der Waals surface area (Å²) in [6.07, 6.45) is 3.90. The number of aryl methyl sites for hydroxylation is 2. The lowest BCUT2D eigenvalue weighted by Crippen LogP contribution is -2.21. The number of carbonyl (C=O) groups excluding carboxylic acids is 4. The van der Waals surface area contributed by atoms with Gasteiger partial charge in [-0.05, 0) is 14.1 Å².